The van der Waals surface area contributed by atoms with Crippen LogP contribution in [0.3, 0.4) is 0 Å². The van der Waals surface area contributed by atoms with Crippen molar-refractivity contribution in [3.05, 3.63) is 111 Å². The van der Waals surface area contributed by atoms with Gasteiger partial charge in [0.25, 0.3) is 5.91 Å². The van der Waals surface area contributed by atoms with Crippen molar-refractivity contribution >= 4 is 23.2 Å². The number of hydrogen-bond acceptors (Lipinski definition) is 2. The number of rotatable bonds is 4. The van der Waals surface area contributed by atoms with Crippen LogP contribution in [0, 0.1) is 13.8 Å². The van der Waals surface area contributed by atoms with E-state index in [1.165, 1.54) is 16.7 Å². The summed E-state index contributed by atoms with van der Waals surface area (Å²) in [6.45, 7) is 5.45. The molecule has 1 aliphatic heterocycles. The summed E-state index contributed by atoms with van der Waals surface area (Å²) in [4.78, 5) is 16.4. The van der Waals surface area contributed by atoms with E-state index < -0.39 is 0 Å². The summed E-state index contributed by atoms with van der Waals surface area (Å²) in [6.07, 6.45) is 2.00. The van der Waals surface area contributed by atoms with Crippen LogP contribution in [0.4, 0.5) is 0 Å². The second-order valence-corrected chi connectivity index (χ2v) is 8.41. The van der Waals surface area contributed by atoms with Crippen LogP contribution in [-0.2, 0) is 17.9 Å². The fourth-order valence-corrected chi connectivity index (χ4v) is 4.81. The standard InChI is InChI=1S/C26H25NOS/c1-18-13-19(2)15-22(14-18)24-23-12-8-7-11-21(23)17-27(26(28)25(24)29-3)16-20-9-5-4-6-10-20/h4-15H,16-17H2,1-3H3. The van der Waals surface area contributed by atoms with E-state index in [-0.39, 0.29) is 5.91 Å². The predicted molar refractivity (Wildman–Crippen MR) is 123 cm³/mol. The third-order valence-electron chi connectivity index (χ3n) is 5.29. The molecule has 29 heavy (non-hydrogen) atoms. The molecule has 1 aliphatic rings. The molecule has 0 saturated heterocycles. The Morgan fingerprint density at radius 1 is 0.897 bits per heavy atom. The van der Waals surface area contributed by atoms with Gasteiger partial charge in [-0.25, -0.2) is 0 Å². The highest BCUT2D eigenvalue weighted by Crippen LogP contribution is 2.38. The maximum absolute atomic E-state index is 13.7. The fourth-order valence-electron chi connectivity index (χ4n) is 4.08. The monoisotopic (exact) mass is 399 g/mol. The average molecular weight is 400 g/mol. The van der Waals surface area contributed by atoms with E-state index in [0.717, 1.165) is 27.2 Å². The number of nitrogens with zero attached hydrogens (tertiary/aromatic N) is 1. The third kappa shape index (κ3) is 4.01. The molecule has 146 valence electrons. The van der Waals surface area contributed by atoms with Crippen molar-refractivity contribution in [1.29, 1.82) is 0 Å². The Morgan fingerprint density at radius 2 is 1.55 bits per heavy atom. The summed E-state index contributed by atoms with van der Waals surface area (Å²) in [5, 5.41) is 0. The van der Waals surface area contributed by atoms with Gasteiger partial charge in [0, 0.05) is 18.7 Å². The molecule has 3 aromatic rings. The summed E-state index contributed by atoms with van der Waals surface area (Å²) in [5.41, 5.74) is 8.09. The van der Waals surface area contributed by atoms with E-state index in [9.17, 15) is 4.79 Å². The lowest BCUT2D eigenvalue weighted by atomic mass is 9.92. The molecule has 0 N–H and O–H groups in total. The maximum Gasteiger partial charge on any atom is 0.261 e. The Labute approximate surface area is 177 Å². The topological polar surface area (TPSA) is 20.3 Å². The van der Waals surface area contributed by atoms with Gasteiger partial charge in [0.15, 0.2) is 0 Å². The van der Waals surface area contributed by atoms with Crippen molar-refractivity contribution in [3.63, 3.8) is 0 Å². The van der Waals surface area contributed by atoms with Gasteiger partial charge in [0.2, 0.25) is 0 Å². The smallest absolute Gasteiger partial charge is 0.261 e. The lowest BCUT2D eigenvalue weighted by Crippen LogP contribution is -2.29. The maximum atomic E-state index is 13.7. The highest BCUT2D eigenvalue weighted by atomic mass is 32.2. The van der Waals surface area contributed by atoms with Crippen LogP contribution in [0.25, 0.3) is 5.57 Å². The largest absolute Gasteiger partial charge is 0.330 e. The van der Waals surface area contributed by atoms with Gasteiger partial charge in [-0.15, -0.1) is 11.8 Å². The van der Waals surface area contributed by atoms with Gasteiger partial charge in [0.05, 0.1) is 4.91 Å². The minimum absolute atomic E-state index is 0.103. The number of fused-ring (bicyclic) bond motifs is 1. The minimum Gasteiger partial charge on any atom is -0.330 e. The predicted octanol–water partition coefficient (Wildman–Crippen LogP) is 5.97. The Morgan fingerprint density at radius 3 is 2.24 bits per heavy atom. The number of carbonyl (C=O) groups is 1. The second kappa shape index (κ2) is 8.30. The SMILES string of the molecule is CSC1=C(c2cc(C)cc(C)c2)c2ccccc2CN(Cc2ccccc2)C1=O. The van der Waals surface area contributed by atoms with Gasteiger partial charge in [-0.05, 0) is 42.4 Å². The van der Waals surface area contributed by atoms with Crippen LogP contribution < -0.4 is 0 Å². The van der Waals surface area contributed by atoms with Crippen molar-refractivity contribution in [1.82, 2.24) is 4.90 Å². The van der Waals surface area contributed by atoms with Gasteiger partial charge >= 0.3 is 0 Å². The first-order chi connectivity index (χ1) is 14.1. The summed E-state index contributed by atoms with van der Waals surface area (Å²) in [7, 11) is 0. The van der Waals surface area contributed by atoms with E-state index in [1.807, 2.05) is 29.4 Å². The molecule has 3 heteroatoms. The molecule has 0 aromatic heterocycles. The second-order valence-electron chi connectivity index (χ2n) is 7.59. The molecule has 0 radical (unpaired) electrons. The highest BCUT2D eigenvalue weighted by molar-refractivity contribution is 8.03. The molecule has 3 aromatic carbocycles. The van der Waals surface area contributed by atoms with Gasteiger partial charge < -0.3 is 4.90 Å². The summed E-state index contributed by atoms with van der Waals surface area (Å²) in [5.74, 6) is 0.103. The fraction of sp³-hybridized carbons (Fsp3) is 0.192. The van der Waals surface area contributed by atoms with Crippen molar-refractivity contribution in [3.8, 4) is 0 Å². The van der Waals surface area contributed by atoms with E-state index in [2.05, 4.69) is 68.4 Å². The Hall–Kier alpha value is -2.78. The summed E-state index contributed by atoms with van der Waals surface area (Å²) in [6, 6.07) is 25.2. The van der Waals surface area contributed by atoms with Crippen molar-refractivity contribution in [2.24, 2.45) is 0 Å². The lowest BCUT2D eigenvalue weighted by Gasteiger charge is -2.22. The number of amides is 1. The quantitative estimate of drug-likeness (QED) is 0.539. The number of benzene rings is 3. The van der Waals surface area contributed by atoms with Crippen molar-refractivity contribution in [2.75, 3.05) is 6.26 Å². The first kappa shape index (κ1) is 19.5. The van der Waals surface area contributed by atoms with Crippen LogP contribution in [0.5, 0.6) is 0 Å². The van der Waals surface area contributed by atoms with Gasteiger partial charge in [-0.1, -0.05) is 83.9 Å². The molecule has 0 fully saturated rings. The summed E-state index contributed by atoms with van der Waals surface area (Å²) >= 11 is 1.55. The minimum atomic E-state index is 0.103. The Kier molecular flexibility index (Phi) is 5.59. The van der Waals surface area contributed by atoms with Crippen LogP contribution in [-0.4, -0.2) is 17.1 Å². The van der Waals surface area contributed by atoms with Crippen molar-refractivity contribution < 1.29 is 4.79 Å². The van der Waals surface area contributed by atoms with Crippen LogP contribution in [0.2, 0.25) is 0 Å². The third-order valence-corrected chi connectivity index (χ3v) is 6.07. The molecule has 0 saturated carbocycles. The molecule has 0 aliphatic carbocycles. The van der Waals surface area contributed by atoms with E-state index >= 15 is 0 Å². The molecule has 2 nitrogen and oxygen atoms in total. The number of hydrogen-bond donors (Lipinski definition) is 0. The normalized spacial score (nSPS) is 14.0. The van der Waals surface area contributed by atoms with Crippen LogP contribution in [0.15, 0.2) is 77.7 Å². The Bertz CT molecular complexity index is 1060. The van der Waals surface area contributed by atoms with E-state index in [1.54, 1.807) is 11.8 Å². The molecule has 0 unspecified atom stereocenters. The number of carbonyl (C=O) groups excluding carboxylic acids is 1. The number of thioether (sulfide) groups is 1. The zero-order chi connectivity index (χ0) is 20.4. The number of aryl methyl sites for hydroxylation is 2. The molecule has 1 amide bonds. The highest BCUT2D eigenvalue weighted by Gasteiger charge is 2.28. The Balaban J connectivity index is 1.90. The molecule has 0 atom stereocenters. The zero-order valence-electron chi connectivity index (χ0n) is 17.1. The van der Waals surface area contributed by atoms with E-state index in [4.69, 9.17) is 0 Å². The summed E-state index contributed by atoms with van der Waals surface area (Å²) < 4.78 is 0. The zero-order valence-corrected chi connectivity index (χ0v) is 17.9. The molecule has 4 rings (SSSR count). The molecular weight excluding hydrogens is 374 g/mol. The first-order valence-electron chi connectivity index (χ1n) is 9.85. The van der Waals surface area contributed by atoms with Crippen LogP contribution in [0.1, 0.15) is 33.4 Å². The van der Waals surface area contributed by atoms with Gasteiger partial charge in [-0.2, -0.15) is 0 Å². The van der Waals surface area contributed by atoms with E-state index in [0.29, 0.717) is 13.1 Å². The van der Waals surface area contributed by atoms with Crippen molar-refractivity contribution in [2.45, 2.75) is 26.9 Å². The first-order valence-corrected chi connectivity index (χ1v) is 11.1. The molecule has 0 bridgehead atoms. The van der Waals surface area contributed by atoms with Gasteiger partial charge in [0.1, 0.15) is 0 Å². The molecule has 1 heterocycles. The van der Waals surface area contributed by atoms with Gasteiger partial charge in [-0.3, -0.25) is 4.79 Å². The molecule has 0 spiro atoms. The lowest BCUT2D eigenvalue weighted by molar-refractivity contribution is -0.127. The van der Waals surface area contributed by atoms with Crippen LogP contribution >= 0.6 is 11.8 Å². The molecular formula is C26H25NOS. The average Bonchev–Trinajstić information content (AvgIpc) is 2.82.